The van der Waals surface area contributed by atoms with Crippen molar-refractivity contribution in [2.75, 3.05) is 12.4 Å². The van der Waals surface area contributed by atoms with Crippen molar-refractivity contribution in [3.05, 3.63) is 29.3 Å². The highest BCUT2D eigenvalue weighted by molar-refractivity contribution is 5.95. The predicted molar refractivity (Wildman–Crippen MR) is 86.7 cm³/mol. The molecular formula is C18H27NO2. The van der Waals surface area contributed by atoms with E-state index in [1.54, 1.807) is 0 Å². The van der Waals surface area contributed by atoms with Gasteiger partial charge in [0.05, 0.1) is 12.7 Å². The van der Waals surface area contributed by atoms with Gasteiger partial charge in [-0.25, -0.2) is 4.79 Å². The standard InChI is InChI=1S/C18H27NO2/c1-12-6-7-16(15(9-12)17(20)21-5)19-14-8-13(2)10-18(3,4)11-14/h6-7,9,13-14,19H,8,10-11H2,1-5H3. The van der Waals surface area contributed by atoms with Crippen LogP contribution < -0.4 is 5.32 Å². The molecule has 116 valence electrons. The first-order valence-electron chi connectivity index (χ1n) is 7.76. The fourth-order valence-corrected chi connectivity index (χ4v) is 3.74. The van der Waals surface area contributed by atoms with Crippen molar-refractivity contribution in [1.82, 2.24) is 0 Å². The first kappa shape index (κ1) is 15.9. The number of hydrogen-bond acceptors (Lipinski definition) is 3. The average Bonchev–Trinajstić information content (AvgIpc) is 2.37. The van der Waals surface area contributed by atoms with Gasteiger partial charge in [-0.2, -0.15) is 0 Å². The van der Waals surface area contributed by atoms with Gasteiger partial charge in [-0.1, -0.05) is 32.4 Å². The molecule has 2 rings (SSSR count). The number of esters is 1. The summed E-state index contributed by atoms with van der Waals surface area (Å²) in [6, 6.07) is 6.33. The molecule has 1 aliphatic rings. The molecule has 0 bridgehead atoms. The normalized spacial score (nSPS) is 24.4. The van der Waals surface area contributed by atoms with Crippen LogP contribution in [0.3, 0.4) is 0 Å². The molecule has 21 heavy (non-hydrogen) atoms. The number of anilines is 1. The third kappa shape index (κ3) is 3.99. The zero-order valence-electron chi connectivity index (χ0n) is 13.8. The SMILES string of the molecule is COC(=O)c1cc(C)ccc1NC1CC(C)CC(C)(C)C1. The molecule has 1 N–H and O–H groups in total. The van der Waals surface area contributed by atoms with Crippen LogP contribution in [0.15, 0.2) is 18.2 Å². The van der Waals surface area contributed by atoms with Gasteiger partial charge in [0.15, 0.2) is 0 Å². The number of hydrogen-bond donors (Lipinski definition) is 1. The zero-order chi connectivity index (χ0) is 15.6. The Labute approximate surface area is 128 Å². The number of rotatable bonds is 3. The molecule has 2 unspecified atom stereocenters. The van der Waals surface area contributed by atoms with Gasteiger partial charge in [0.1, 0.15) is 0 Å². The second kappa shape index (κ2) is 6.08. The highest BCUT2D eigenvalue weighted by Gasteiger charge is 2.32. The number of aryl methyl sites for hydroxylation is 1. The highest BCUT2D eigenvalue weighted by atomic mass is 16.5. The highest BCUT2D eigenvalue weighted by Crippen LogP contribution is 2.39. The van der Waals surface area contributed by atoms with E-state index < -0.39 is 0 Å². The van der Waals surface area contributed by atoms with Gasteiger partial charge in [0, 0.05) is 11.7 Å². The maximum atomic E-state index is 12.0. The number of ether oxygens (including phenoxy) is 1. The summed E-state index contributed by atoms with van der Waals surface area (Å²) in [5.74, 6) is 0.433. The van der Waals surface area contributed by atoms with E-state index in [4.69, 9.17) is 4.74 Å². The lowest BCUT2D eigenvalue weighted by molar-refractivity contribution is 0.0601. The summed E-state index contributed by atoms with van der Waals surface area (Å²) >= 11 is 0. The molecule has 1 saturated carbocycles. The van der Waals surface area contributed by atoms with Gasteiger partial charge in [-0.3, -0.25) is 0 Å². The lowest BCUT2D eigenvalue weighted by Gasteiger charge is -2.39. The lowest BCUT2D eigenvalue weighted by atomic mass is 9.70. The van der Waals surface area contributed by atoms with Crippen molar-refractivity contribution in [2.24, 2.45) is 11.3 Å². The van der Waals surface area contributed by atoms with Crippen LogP contribution in [0.25, 0.3) is 0 Å². The summed E-state index contributed by atoms with van der Waals surface area (Å²) in [4.78, 5) is 12.0. The third-order valence-electron chi connectivity index (χ3n) is 4.33. The summed E-state index contributed by atoms with van der Waals surface area (Å²) in [5, 5.41) is 3.58. The molecule has 3 heteroatoms. The van der Waals surface area contributed by atoms with Crippen LogP contribution in [0.5, 0.6) is 0 Å². The molecule has 2 atom stereocenters. The molecule has 0 radical (unpaired) electrons. The Balaban J connectivity index is 2.21. The molecule has 1 aromatic carbocycles. The smallest absolute Gasteiger partial charge is 0.339 e. The topological polar surface area (TPSA) is 38.3 Å². The molecule has 1 fully saturated rings. The van der Waals surface area contributed by atoms with Crippen molar-refractivity contribution >= 4 is 11.7 Å². The second-order valence-electron chi connectivity index (χ2n) is 7.30. The van der Waals surface area contributed by atoms with E-state index in [0.717, 1.165) is 24.1 Å². The van der Waals surface area contributed by atoms with Gasteiger partial charge in [0.2, 0.25) is 0 Å². The second-order valence-corrected chi connectivity index (χ2v) is 7.30. The van der Waals surface area contributed by atoms with Gasteiger partial charge < -0.3 is 10.1 Å². The van der Waals surface area contributed by atoms with Gasteiger partial charge in [-0.05, 0) is 49.7 Å². The molecule has 1 aliphatic carbocycles. The molecule has 0 amide bonds. The van der Waals surface area contributed by atoms with Crippen molar-refractivity contribution < 1.29 is 9.53 Å². The van der Waals surface area contributed by atoms with Crippen molar-refractivity contribution in [1.29, 1.82) is 0 Å². The number of carbonyl (C=O) groups is 1. The van der Waals surface area contributed by atoms with Crippen LogP contribution >= 0.6 is 0 Å². The maximum Gasteiger partial charge on any atom is 0.339 e. The van der Waals surface area contributed by atoms with Crippen LogP contribution in [0.4, 0.5) is 5.69 Å². The van der Waals surface area contributed by atoms with E-state index in [9.17, 15) is 4.79 Å². The van der Waals surface area contributed by atoms with E-state index in [-0.39, 0.29) is 5.97 Å². The van der Waals surface area contributed by atoms with Gasteiger partial charge in [0.25, 0.3) is 0 Å². The largest absolute Gasteiger partial charge is 0.465 e. The summed E-state index contributed by atoms with van der Waals surface area (Å²) in [6.45, 7) is 8.95. The fraction of sp³-hybridized carbons (Fsp3) is 0.611. The zero-order valence-corrected chi connectivity index (χ0v) is 13.8. The Bertz CT molecular complexity index is 522. The minimum absolute atomic E-state index is 0.274. The van der Waals surface area contributed by atoms with Crippen LogP contribution in [0.2, 0.25) is 0 Å². The number of methoxy groups -OCH3 is 1. The van der Waals surface area contributed by atoms with E-state index in [1.165, 1.54) is 13.5 Å². The van der Waals surface area contributed by atoms with Crippen molar-refractivity contribution in [3.8, 4) is 0 Å². The molecule has 1 aromatic rings. The van der Waals surface area contributed by atoms with E-state index in [0.29, 0.717) is 22.9 Å². The summed E-state index contributed by atoms with van der Waals surface area (Å²) in [5.41, 5.74) is 2.94. The minimum atomic E-state index is -0.274. The molecule has 0 heterocycles. The summed E-state index contributed by atoms with van der Waals surface area (Å²) < 4.78 is 4.90. The average molecular weight is 289 g/mol. The molecule has 0 aliphatic heterocycles. The molecule has 3 nitrogen and oxygen atoms in total. The monoisotopic (exact) mass is 289 g/mol. The number of nitrogens with one attached hydrogen (secondary N) is 1. The Morgan fingerprint density at radius 2 is 2.05 bits per heavy atom. The van der Waals surface area contributed by atoms with Crippen molar-refractivity contribution in [2.45, 2.75) is 53.0 Å². The molecule has 0 spiro atoms. The maximum absolute atomic E-state index is 12.0. The Morgan fingerprint density at radius 1 is 1.33 bits per heavy atom. The molecule has 0 saturated heterocycles. The lowest BCUT2D eigenvalue weighted by Crippen LogP contribution is -2.35. The van der Waals surface area contributed by atoms with E-state index >= 15 is 0 Å². The predicted octanol–water partition coefficient (Wildman–Crippen LogP) is 4.41. The fourth-order valence-electron chi connectivity index (χ4n) is 3.74. The van der Waals surface area contributed by atoms with Crippen LogP contribution in [0.1, 0.15) is 56.0 Å². The Hall–Kier alpha value is -1.51. The Morgan fingerprint density at radius 3 is 2.67 bits per heavy atom. The van der Waals surface area contributed by atoms with Crippen LogP contribution in [-0.4, -0.2) is 19.1 Å². The van der Waals surface area contributed by atoms with Crippen LogP contribution in [0, 0.1) is 18.3 Å². The van der Waals surface area contributed by atoms with E-state index in [1.807, 2.05) is 25.1 Å². The first-order valence-corrected chi connectivity index (χ1v) is 7.76. The summed E-state index contributed by atoms with van der Waals surface area (Å²) in [6.07, 6.45) is 3.55. The van der Waals surface area contributed by atoms with Gasteiger partial charge >= 0.3 is 5.97 Å². The third-order valence-corrected chi connectivity index (χ3v) is 4.33. The number of benzene rings is 1. The minimum Gasteiger partial charge on any atom is -0.465 e. The quantitative estimate of drug-likeness (QED) is 0.838. The number of carbonyl (C=O) groups excluding carboxylic acids is 1. The first-order chi connectivity index (χ1) is 9.80. The summed E-state index contributed by atoms with van der Waals surface area (Å²) in [7, 11) is 1.43. The van der Waals surface area contributed by atoms with Crippen LogP contribution in [-0.2, 0) is 4.74 Å². The molecule has 0 aromatic heterocycles. The Kier molecular flexibility index (Phi) is 4.60. The van der Waals surface area contributed by atoms with E-state index in [2.05, 4.69) is 26.1 Å². The van der Waals surface area contributed by atoms with Gasteiger partial charge in [-0.15, -0.1) is 0 Å². The molecular weight excluding hydrogens is 262 g/mol. The van der Waals surface area contributed by atoms with Crippen molar-refractivity contribution in [3.63, 3.8) is 0 Å².